The molecule has 10 nitrogen and oxygen atoms in total. The van der Waals surface area contributed by atoms with Crippen LogP contribution in [0, 0.1) is 5.92 Å². The molecule has 0 saturated heterocycles. The summed E-state index contributed by atoms with van der Waals surface area (Å²) in [6, 6.07) is 0. The summed E-state index contributed by atoms with van der Waals surface area (Å²) in [5.41, 5.74) is 0. The van der Waals surface area contributed by atoms with Gasteiger partial charge >= 0.3 is 19.8 Å². The molecule has 0 amide bonds. The molecule has 0 aromatic carbocycles. The quantitative estimate of drug-likeness (QED) is 0.0212. The van der Waals surface area contributed by atoms with E-state index in [1.165, 1.54) is 57.8 Å². The fraction of sp³-hybridized carbons (Fsp3) is 0.756. The van der Waals surface area contributed by atoms with Crippen LogP contribution in [0.5, 0.6) is 0 Å². The maximum Gasteiger partial charge on any atom is 0.469 e. The first-order chi connectivity index (χ1) is 24.9. The van der Waals surface area contributed by atoms with Gasteiger partial charge in [0.25, 0.3) is 0 Å². The molecule has 0 heterocycles. The minimum absolute atomic E-state index is 0.0187. The highest BCUT2D eigenvalue weighted by Crippen LogP contribution is 2.36. The first-order valence-corrected chi connectivity index (χ1v) is 21.5. The van der Waals surface area contributed by atoms with E-state index in [1.54, 1.807) is 18.2 Å². The van der Waals surface area contributed by atoms with Gasteiger partial charge in [0.05, 0.1) is 18.8 Å². The number of unbranched alkanes of at least 4 members (excludes halogenated alkanes) is 13. The predicted molar refractivity (Wildman–Crippen MR) is 209 cm³/mol. The minimum atomic E-state index is -4.81. The number of ether oxygens (including phenoxy) is 2. The Bertz CT molecular complexity index is 1030. The second-order valence-electron chi connectivity index (χ2n) is 14.1. The number of aliphatic hydroxyl groups excluding tert-OH is 2. The zero-order chi connectivity index (χ0) is 38.7. The van der Waals surface area contributed by atoms with Crippen molar-refractivity contribution in [3.8, 4) is 0 Å². The Labute approximate surface area is 315 Å². The Morgan fingerprint density at radius 3 is 1.62 bits per heavy atom. The van der Waals surface area contributed by atoms with Crippen LogP contribution in [-0.4, -0.2) is 63.5 Å². The summed E-state index contributed by atoms with van der Waals surface area (Å²) in [7, 11) is -4.81. The molecule has 0 rings (SSSR count). The third-order valence-electron chi connectivity index (χ3n) is 8.49. The topological polar surface area (TPSA) is 160 Å². The lowest BCUT2D eigenvalue weighted by molar-refractivity contribution is -0.161. The number of phosphoric acid groups is 1. The molecule has 0 unspecified atom stereocenters. The summed E-state index contributed by atoms with van der Waals surface area (Å²) in [4.78, 5) is 42.8. The van der Waals surface area contributed by atoms with Crippen LogP contribution in [0.25, 0.3) is 0 Å². The number of hydrogen-bond acceptors (Lipinski definition) is 8. The molecule has 4 N–H and O–H groups in total. The molecule has 0 aromatic rings. The molecule has 0 aliphatic carbocycles. The third kappa shape index (κ3) is 37.7. The number of carbonyl (C=O) groups excluding carboxylic acids is 2. The van der Waals surface area contributed by atoms with Gasteiger partial charge in [0.2, 0.25) is 0 Å². The number of esters is 2. The Morgan fingerprint density at radius 2 is 1.10 bits per heavy atom. The Morgan fingerprint density at radius 1 is 0.615 bits per heavy atom. The average Bonchev–Trinajstić information content (AvgIpc) is 3.08. The van der Waals surface area contributed by atoms with Crippen molar-refractivity contribution in [2.75, 3.05) is 13.2 Å². The summed E-state index contributed by atoms with van der Waals surface area (Å²) >= 11 is 0. The van der Waals surface area contributed by atoms with Crippen LogP contribution in [0.4, 0.5) is 0 Å². The molecule has 0 saturated carbocycles. The number of hydrogen-bond donors (Lipinski definition) is 4. The van der Waals surface area contributed by atoms with E-state index in [4.69, 9.17) is 19.3 Å². The molecule has 52 heavy (non-hydrogen) atoms. The van der Waals surface area contributed by atoms with Gasteiger partial charge in [-0.1, -0.05) is 166 Å². The van der Waals surface area contributed by atoms with Crippen molar-refractivity contribution in [3.63, 3.8) is 0 Å². The minimum Gasteiger partial charge on any atom is -0.462 e. The zero-order valence-electron chi connectivity index (χ0n) is 32.6. The van der Waals surface area contributed by atoms with Crippen molar-refractivity contribution in [1.29, 1.82) is 0 Å². The second kappa shape index (κ2) is 34.7. The highest BCUT2D eigenvalue weighted by atomic mass is 31.2. The van der Waals surface area contributed by atoms with Crippen LogP contribution in [0.1, 0.15) is 162 Å². The molecule has 11 heteroatoms. The van der Waals surface area contributed by atoms with E-state index < -0.39 is 44.7 Å². The molecular weight excluding hydrogens is 683 g/mol. The van der Waals surface area contributed by atoms with E-state index in [9.17, 15) is 24.4 Å². The monoisotopic (exact) mass is 756 g/mol. The van der Waals surface area contributed by atoms with E-state index in [1.807, 2.05) is 30.4 Å². The maximum absolute atomic E-state index is 12.4. The molecule has 3 atom stereocenters. The first kappa shape index (κ1) is 49.9. The molecule has 302 valence electrons. The van der Waals surface area contributed by atoms with Crippen molar-refractivity contribution in [2.45, 2.75) is 180 Å². The van der Waals surface area contributed by atoms with Crippen LogP contribution < -0.4 is 0 Å². The molecule has 0 aliphatic rings. The van der Waals surface area contributed by atoms with Gasteiger partial charge in [-0.05, 0) is 38.0 Å². The number of allylic oxidation sites excluding steroid dienone is 6. The summed E-state index contributed by atoms with van der Waals surface area (Å²) in [6.45, 7) is 5.70. The summed E-state index contributed by atoms with van der Waals surface area (Å²) in [6.07, 6.45) is 33.4. The van der Waals surface area contributed by atoms with Gasteiger partial charge in [-0.15, -0.1) is 0 Å². The second-order valence-corrected chi connectivity index (χ2v) is 15.4. The zero-order valence-corrected chi connectivity index (χ0v) is 33.5. The van der Waals surface area contributed by atoms with Crippen molar-refractivity contribution >= 4 is 19.8 Å². The van der Waals surface area contributed by atoms with E-state index >= 15 is 0 Å². The predicted octanol–water partition coefficient (Wildman–Crippen LogP) is 9.76. The van der Waals surface area contributed by atoms with Gasteiger partial charge in [-0.25, -0.2) is 4.57 Å². The van der Waals surface area contributed by atoms with Crippen LogP contribution in [-0.2, 0) is 28.2 Å². The number of aliphatic hydroxyl groups is 2. The number of phosphoric ester groups is 1. The Balaban J connectivity index is 4.19. The molecule has 0 spiro atoms. The van der Waals surface area contributed by atoms with Crippen molar-refractivity contribution < 1.29 is 48.2 Å². The molecule has 0 radical (unpaired) electrons. The van der Waals surface area contributed by atoms with Crippen LogP contribution in [0.3, 0.4) is 0 Å². The van der Waals surface area contributed by atoms with Crippen LogP contribution in [0.2, 0.25) is 0 Å². The fourth-order valence-corrected chi connectivity index (χ4v) is 5.78. The molecule has 0 fully saturated rings. The normalized spacial score (nSPS) is 14.3. The van der Waals surface area contributed by atoms with Gasteiger partial charge < -0.3 is 29.5 Å². The highest BCUT2D eigenvalue weighted by molar-refractivity contribution is 7.46. The molecular formula is C41H73O10P. The van der Waals surface area contributed by atoms with E-state index in [-0.39, 0.29) is 19.4 Å². The van der Waals surface area contributed by atoms with Gasteiger partial charge in [0.15, 0.2) is 6.10 Å². The van der Waals surface area contributed by atoms with Crippen molar-refractivity contribution in [1.82, 2.24) is 0 Å². The summed E-state index contributed by atoms with van der Waals surface area (Å²) in [5.74, 6) is -0.311. The number of rotatable bonds is 35. The largest absolute Gasteiger partial charge is 0.469 e. The SMILES string of the molecule is CCCCC[C@H](O)/C=C/C=C\C/C=C\C=C\[C@H](O)CCCC(=O)OC[C@H](COP(=O)(O)O)OC(=O)CCCCCCCCCCCCCCC(C)C. The van der Waals surface area contributed by atoms with Crippen LogP contribution in [0.15, 0.2) is 48.6 Å². The lowest BCUT2D eigenvalue weighted by atomic mass is 10.0. The summed E-state index contributed by atoms with van der Waals surface area (Å²) in [5, 5.41) is 20.0. The Hall–Kier alpha value is -2.07. The molecule has 0 aromatic heterocycles. The van der Waals surface area contributed by atoms with Gasteiger partial charge in [-0.3, -0.25) is 14.1 Å². The van der Waals surface area contributed by atoms with E-state index in [0.717, 1.165) is 50.9 Å². The van der Waals surface area contributed by atoms with Crippen molar-refractivity contribution in [2.24, 2.45) is 5.92 Å². The lowest BCUT2D eigenvalue weighted by Crippen LogP contribution is -2.29. The van der Waals surface area contributed by atoms with Crippen LogP contribution >= 0.6 is 7.82 Å². The maximum atomic E-state index is 12.4. The standard InChI is InChI=1S/C41H73O10P/c1-4-5-21-28-37(42)29-23-18-14-12-15-19-24-30-38(43)31-26-33-40(44)49-34-39(35-50-52(46,47)48)51-41(45)32-25-20-16-11-9-7-6-8-10-13-17-22-27-36(2)3/h14-15,18-19,23-24,29-30,36-39,42-43H,4-13,16-17,20-22,25-28,31-35H2,1-3H3,(H2,46,47,48)/b18-14-,19-15-,29-23+,30-24+/t37-,38-,39+/m0/s1. The molecule has 0 aliphatic heterocycles. The Kier molecular flexibility index (Phi) is 33.3. The highest BCUT2D eigenvalue weighted by Gasteiger charge is 2.23. The van der Waals surface area contributed by atoms with Gasteiger partial charge in [0, 0.05) is 12.8 Å². The first-order valence-electron chi connectivity index (χ1n) is 20.0. The number of carbonyl (C=O) groups is 2. The molecule has 0 bridgehead atoms. The van der Waals surface area contributed by atoms with Gasteiger partial charge in [-0.2, -0.15) is 0 Å². The van der Waals surface area contributed by atoms with E-state index in [0.29, 0.717) is 25.7 Å². The third-order valence-corrected chi connectivity index (χ3v) is 8.97. The van der Waals surface area contributed by atoms with E-state index in [2.05, 4.69) is 25.3 Å². The lowest BCUT2D eigenvalue weighted by Gasteiger charge is -2.18. The van der Waals surface area contributed by atoms with Gasteiger partial charge in [0.1, 0.15) is 6.61 Å². The van der Waals surface area contributed by atoms with Crippen molar-refractivity contribution in [3.05, 3.63) is 48.6 Å². The average molecular weight is 757 g/mol. The summed E-state index contributed by atoms with van der Waals surface area (Å²) < 4.78 is 26.2. The fourth-order valence-electron chi connectivity index (χ4n) is 5.42. The smallest absolute Gasteiger partial charge is 0.462 e.